The number of hydrogen-bond acceptors (Lipinski definition) is 2. The molecule has 2 nitrogen and oxygen atoms in total. The maximum atomic E-state index is 12.9. The number of halogens is 1. The summed E-state index contributed by atoms with van der Waals surface area (Å²) in [6, 6.07) is 7.02. The zero-order valence-corrected chi connectivity index (χ0v) is 8.04. The molecule has 1 atom stereocenters. The van der Waals surface area contributed by atoms with Crippen molar-refractivity contribution in [1.82, 2.24) is 5.43 Å². The molecule has 3 heteroatoms. The molecule has 1 saturated carbocycles. The van der Waals surface area contributed by atoms with Crippen LogP contribution in [0.4, 0.5) is 4.39 Å². The smallest absolute Gasteiger partial charge is 0.123 e. The predicted molar refractivity (Wildman–Crippen MR) is 53.9 cm³/mol. The van der Waals surface area contributed by atoms with Gasteiger partial charge in [0, 0.05) is 6.04 Å². The van der Waals surface area contributed by atoms with E-state index < -0.39 is 0 Å². The molecule has 1 aliphatic carbocycles. The molecular formula is C11H15FN2. The van der Waals surface area contributed by atoms with Crippen LogP contribution in [-0.2, 0) is 6.42 Å². The van der Waals surface area contributed by atoms with Crippen molar-refractivity contribution in [2.45, 2.75) is 25.3 Å². The van der Waals surface area contributed by atoms with E-state index in [9.17, 15) is 4.39 Å². The van der Waals surface area contributed by atoms with E-state index in [1.807, 2.05) is 6.07 Å². The van der Waals surface area contributed by atoms with Crippen LogP contribution < -0.4 is 11.3 Å². The molecule has 2 rings (SSSR count). The summed E-state index contributed by atoms with van der Waals surface area (Å²) in [7, 11) is 0. The Balaban J connectivity index is 2.01. The van der Waals surface area contributed by atoms with Crippen LogP contribution in [0, 0.1) is 11.7 Å². The van der Waals surface area contributed by atoms with Gasteiger partial charge in [-0.25, -0.2) is 4.39 Å². The first kappa shape index (κ1) is 9.62. The second kappa shape index (κ2) is 4.07. The molecule has 0 amide bonds. The Morgan fingerprint density at radius 1 is 1.50 bits per heavy atom. The molecule has 0 bridgehead atoms. The minimum absolute atomic E-state index is 0.172. The Morgan fingerprint density at radius 3 is 2.86 bits per heavy atom. The number of nitrogens with one attached hydrogen (secondary N) is 1. The van der Waals surface area contributed by atoms with Gasteiger partial charge in [0.1, 0.15) is 5.82 Å². The largest absolute Gasteiger partial charge is 0.271 e. The third-order valence-electron chi connectivity index (χ3n) is 2.75. The lowest BCUT2D eigenvalue weighted by atomic mass is 10.0. The van der Waals surface area contributed by atoms with Gasteiger partial charge < -0.3 is 0 Å². The zero-order chi connectivity index (χ0) is 9.97. The lowest BCUT2D eigenvalue weighted by molar-refractivity contribution is 0.471. The maximum absolute atomic E-state index is 12.9. The van der Waals surface area contributed by atoms with Gasteiger partial charge in [-0.3, -0.25) is 11.3 Å². The van der Waals surface area contributed by atoms with Crippen LogP contribution in [-0.4, -0.2) is 6.04 Å². The van der Waals surface area contributed by atoms with Crippen molar-refractivity contribution in [2.75, 3.05) is 0 Å². The topological polar surface area (TPSA) is 38.0 Å². The number of benzene rings is 1. The Morgan fingerprint density at radius 2 is 2.29 bits per heavy atom. The summed E-state index contributed by atoms with van der Waals surface area (Å²) < 4.78 is 12.9. The van der Waals surface area contributed by atoms with Crippen molar-refractivity contribution in [2.24, 2.45) is 11.8 Å². The summed E-state index contributed by atoms with van der Waals surface area (Å²) in [5.41, 5.74) is 3.82. The van der Waals surface area contributed by atoms with Gasteiger partial charge in [0.05, 0.1) is 0 Å². The van der Waals surface area contributed by atoms with E-state index in [1.165, 1.54) is 18.9 Å². The highest BCUT2D eigenvalue weighted by Crippen LogP contribution is 2.33. The Hall–Kier alpha value is -0.930. The van der Waals surface area contributed by atoms with Gasteiger partial charge in [0.25, 0.3) is 0 Å². The van der Waals surface area contributed by atoms with Crippen molar-refractivity contribution < 1.29 is 4.39 Å². The minimum Gasteiger partial charge on any atom is -0.271 e. The fourth-order valence-electron chi connectivity index (χ4n) is 1.78. The monoisotopic (exact) mass is 194 g/mol. The second-order valence-electron chi connectivity index (χ2n) is 3.94. The highest BCUT2D eigenvalue weighted by atomic mass is 19.1. The number of hydrazine groups is 1. The Labute approximate surface area is 83.3 Å². The summed E-state index contributed by atoms with van der Waals surface area (Å²) in [5, 5.41) is 0. The average molecular weight is 194 g/mol. The van der Waals surface area contributed by atoms with Gasteiger partial charge in [-0.05, 0) is 42.9 Å². The van der Waals surface area contributed by atoms with E-state index in [0.717, 1.165) is 12.0 Å². The molecule has 1 aromatic carbocycles. The van der Waals surface area contributed by atoms with Gasteiger partial charge >= 0.3 is 0 Å². The lowest BCUT2D eigenvalue weighted by Gasteiger charge is -2.14. The second-order valence-corrected chi connectivity index (χ2v) is 3.94. The van der Waals surface area contributed by atoms with Crippen LogP contribution in [0.1, 0.15) is 18.4 Å². The fraction of sp³-hybridized carbons (Fsp3) is 0.455. The molecular weight excluding hydrogens is 179 g/mol. The van der Waals surface area contributed by atoms with E-state index in [-0.39, 0.29) is 5.82 Å². The molecule has 0 heterocycles. The molecule has 1 unspecified atom stereocenters. The van der Waals surface area contributed by atoms with E-state index in [0.29, 0.717) is 12.0 Å². The summed E-state index contributed by atoms with van der Waals surface area (Å²) in [4.78, 5) is 0. The first-order valence-electron chi connectivity index (χ1n) is 5.00. The van der Waals surface area contributed by atoms with Crippen molar-refractivity contribution in [3.05, 3.63) is 35.6 Å². The zero-order valence-electron chi connectivity index (χ0n) is 8.04. The molecule has 0 radical (unpaired) electrons. The summed E-state index contributed by atoms with van der Waals surface area (Å²) in [6.45, 7) is 0. The van der Waals surface area contributed by atoms with Crippen LogP contribution in [0.15, 0.2) is 24.3 Å². The summed E-state index contributed by atoms with van der Waals surface area (Å²) in [6.07, 6.45) is 3.30. The maximum Gasteiger partial charge on any atom is 0.123 e. The molecule has 1 fully saturated rings. The van der Waals surface area contributed by atoms with Crippen LogP contribution in [0.2, 0.25) is 0 Å². The number of rotatable bonds is 4. The normalized spacial score (nSPS) is 18.1. The van der Waals surface area contributed by atoms with Gasteiger partial charge in [0.15, 0.2) is 0 Å². The molecule has 1 aliphatic rings. The third kappa shape index (κ3) is 2.30. The van der Waals surface area contributed by atoms with Crippen LogP contribution in [0.25, 0.3) is 0 Å². The molecule has 0 aromatic heterocycles. The molecule has 76 valence electrons. The Kier molecular flexibility index (Phi) is 2.79. The number of nitrogens with two attached hydrogens (primary N) is 1. The van der Waals surface area contributed by atoms with E-state index >= 15 is 0 Å². The first-order chi connectivity index (χ1) is 6.79. The molecule has 0 saturated heterocycles. The summed E-state index contributed by atoms with van der Waals surface area (Å²) in [5.74, 6) is 5.97. The highest BCUT2D eigenvalue weighted by molar-refractivity contribution is 5.18. The van der Waals surface area contributed by atoms with E-state index in [2.05, 4.69) is 5.43 Å². The van der Waals surface area contributed by atoms with Crippen molar-refractivity contribution in [3.8, 4) is 0 Å². The first-order valence-corrected chi connectivity index (χ1v) is 5.00. The molecule has 0 aliphatic heterocycles. The number of hydrogen-bond donors (Lipinski definition) is 2. The van der Waals surface area contributed by atoms with Gasteiger partial charge in [0.2, 0.25) is 0 Å². The fourth-order valence-corrected chi connectivity index (χ4v) is 1.78. The molecule has 1 aromatic rings. The minimum atomic E-state index is -0.172. The highest BCUT2D eigenvalue weighted by Gasteiger charge is 2.30. The van der Waals surface area contributed by atoms with Gasteiger partial charge in [-0.1, -0.05) is 12.1 Å². The van der Waals surface area contributed by atoms with E-state index in [4.69, 9.17) is 5.84 Å². The van der Waals surface area contributed by atoms with Gasteiger partial charge in [-0.2, -0.15) is 0 Å². The lowest BCUT2D eigenvalue weighted by Crippen LogP contribution is -2.38. The summed E-state index contributed by atoms with van der Waals surface area (Å²) >= 11 is 0. The molecule has 3 N–H and O–H groups in total. The van der Waals surface area contributed by atoms with Crippen LogP contribution >= 0.6 is 0 Å². The van der Waals surface area contributed by atoms with Crippen molar-refractivity contribution >= 4 is 0 Å². The van der Waals surface area contributed by atoms with E-state index in [1.54, 1.807) is 12.1 Å². The molecule has 0 spiro atoms. The van der Waals surface area contributed by atoms with Gasteiger partial charge in [-0.15, -0.1) is 0 Å². The Bertz CT molecular complexity index is 310. The third-order valence-corrected chi connectivity index (χ3v) is 2.75. The van der Waals surface area contributed by atoms with Crippen molar-refractivity contribution in [1.29, 1.82) is 0 Å². The van der Waals surface area contributed by atoms with Crippen LogP contribution in [0.3, 0.4) is 0 Å². The van der Waals surface area contributed by atoms with Crippen LogP contribution in [0.5, 0.6) is 0 Å². The quantitative estimate of drug-likeness (QED) is 0.564. The van der Waals surface area contributed by atoms with Crippen molar-refractivity contribution in [3.63, 3.8) is 0 Å². The standard InChI is InChI=1S/C11H15FN2/c12-10-3-1-2-8(6-10)7-11(14-13)9-4-5-9/h1-3,6,9,11,14H,4-5,7,13H2. The average Bonchev–Trinajstić information content (AvgIpc) is 2.97. The predicted octanol–water partition coefficient (Wildman–Crippen LogP) is 1.61. The SMILES string of the molecule is NNC(Cc1cccc(F)c1)C1CC1. The molecule has 14 heavy (non-hydrogen) atoms.